The van der Waals surface area contributed by atoms with Crippen molar-refractivity contribution in [3.05, 3.63) is 65.2 Å². The van der Waals surface area contributed by atoms with Gasteiger partial charge in [0.25, 0.3) is 0 Å². The van der Waals surface area contributed by atoms with Gasteiger partial charge in [0.1, 0.15) is 17.2 Å². The molecule has 0 spiro atoms. The van der Waals surface area contributed by atoms with E-state index in [1.807, 2.05) is 0 Å². The molecule has 4 aromatic rings. The molecule has 0 fully saturated rings. The number of hydrogen-bond donors (Lipinski definition) is 2. The fraction of sp³-hybridized carbons (Fsp3) is 0.105. The molecule has 2 aromatic carbocycles. The standard InChI is InChI=1S/C19H12F6N6/c1-8-27-15-12(21)6-10(20)7-13(15)31(8)18-29-16(26)14(22)17(30-18)28-11-4-2-9(3-5-11)19(23,24)25/h2-7H,1H3,(H3,26,28,29,30). The summed E-state index contributed by atoms with van der Waals surface area (Å²) in [6.45, 7) is 1.48. The van der Waals surface area contributed by atoms with E-state index in [-0.39, 0.29) is 28.5 Å². The average Bonchev–Trinajstić information content (AvgIpc) is 3.01. The lowest BCUT2D eigenvalue weighted by molar-refractivity contribution is -0.137. The number of benzene rings is 2. The summed E-state index contributed by atoms with van der Waals surface area (Å²) in [5.74, 6) is -3.93. The van der Waals surface area contributed by atoms with Gasteiger partial charge in [0.15, 0.2) is 17.5 Å². The van der Waals surface area contributed by atoms with Crippen molar-refractivity contribution >= 4 is 28.4 Å². The number of nitrogen functional groups attached to an aromatic ring is 1. The lowest BCUT2D eigenvalue weighted by Crippen LogP contribution is -2.11. The van der Waals surface area contributed by atoms with Gasteiger partial charge in [-0.2, -0.15) is 27.5 Å². The number of fused-ring (bicyclic) bond motifs is 1. The number of halogens is 6. The Balaban J connectivity index is 1.79. The molecule has 0 amide bonds. The summed E-state index contributed by atoms with van der Waals surface area (Å²) in [6, 6.07) is 5.46. The van der Waals surface area contributed by atoms with E-state index in [1.54, 1.807) is 0 Å². The van der Waals surface area contributed by atoms with Crippen molar-refractivity contribution in [1.29, 1.82) is 0 Å². The van der Waals surface area contributed by atoms with Gasteiger partial charge in [-0.3, -0.25) is 4.57 Å². The van der Waals surface area contributed by atoms with Gasteiger partial charge < -0.3 is 11.1 Å². The van der Waals surface area contributed by atoms with Crippen LogP contribution in [0.1, 0.15) is 11.4 Å². The van der Waals surface area contributed by atoms with Crippen LogP contribution in [0.15, 0.2) is 36.4 Å². The summed E-state index contributed by atoms with van der Waals surface area (Å²) in [4.78, 5) is 11.8. The van der Waals surface area contributed by atoms with Crippen molar-refractivity contribution < 1.29 is 26.3 Å². The number of aromatic nitrogens is 4. The van der Waals surface area contributed by atoms with Crippen LogP contribution in [0.4, 0.5) is 43.7 Å². The normalized spacial score (nSPS) is 11.8. The molecule has 4 rings (SSSR count). The zero-order chi connectivity index (χ0) is 22.5. The highest BCUT2D eigenvalue weighted by atomic mass is 19.4. The number of anilines is 3. The number of hydrogen-bond acceptors (Lipinski definition) is 5. The van der Waals surface area contributed by atoms with Crippen LogP contribution in [-0.4, -0.2) is 19.5 Å². The first-order valence-corrected chi connectivity index (χ1v) is 8.66. The fourth-order valence-corrected chi connectivity index (χ4v) is 2.99. The van der Waals surface area contributed by atoms with Crippen molar-refractivity contribution in [2.75, 3.05) is 11.1 Å². The largest absolute Gasteiger partial charge is 0.416 e. The minimum atomic E-state index is -4.53. The number of alkyl halides is 3. The molecule has 3 N–H and O–H groups in total. The molecule has 6 nitrogen and oxygen atoms in total. The second-order valence-electron chi connectivity index (χ2n) is 6.52. The van der Waals surface area contributed by atoms with Gasteiger partial charge in [0.05, 0.1) is 11.1 Å². The summed E-state index contributed by atoms with van der Waals surface area (Å²) in [5, 5.41) is 2.53. The van der Waals surface area contributed by atoms with Crippen LogP contribution in [0.5, 0.6) is 0 Å². The van der Waals surface area contributed by atoms with Gasteiger partial charge in [0, 0.05) is 17.8 Å². The fourth-order valence-electron chi connectivity index (χ4n) is 2.99. The number of rotatable bonds is 3. The van der Waals surface area contributed by atoms with Gasteiger partial charge in [-0.05, 0) is 31.2 Å². The van der Waals surface area contributed by atoms with Crippen LogP contribution in [0.25, 0.3) is 17.0 Å². The Morgan fingerprint density at radius 2 is 1.65 bits per heavy atom. The van der Waals surface area contributed by atoms with E-state index in [1.165, 1.54) is 11.5 Å². The quantitative estimate of drug-likeness (QED) is 0.446. The van der Waals surface area contributed by atoms with Crippen LogP contribution in [-0.2, 0) is 6.18 Å². The third-order valence-corrected chi connectivity index (χ3v) is 4.39. The molecule has 0 saturated heterocycles. The number of imidazole rings is 1. The highest BCUT2D eigenvalue weighted by Crippen LogP contribution is 2.31. The molecule has 0 atom stereocenters. The second kappa shape index (κ2) is 7.15. The molecule has 2 aromatic heterocycles. The molecular weight excluding hydrogens is 426 g/mol. The molecule has 2 heterocycles. The third-order valence-electron chi connectivity index (χ3n) is 4.39. The molecule has 12 heteroatoms. The molecular formula is C19H12F6N6. The molecule has 31 heavy (non-hydrogen) atoms. The van der Waals surface area contributed by atoms with Crippen LogP contribution in [0.3, 0.4) is 0 Å². The Bertz CT molecular complexity index is 1300. The maximum absolute atomic E-state index is 14.5. The van der Waals surface area contributed by atoms with Gasteiger partial charge in [0.2, 0.25) is 11.8 Å². The first kappa shape index (κ1) is 20.4. The van der Waals surface area contributed by atoms with Gasteiger partial charge in [-0.1, -0.05) is 0 Å². The summed E-state index contributed by atoms with van der Waals surface area (Å²) in [7, 11) is 0. The maximum Gasteiger partial charge on any atom is 0.416 e. The van der Waals surface area contributed by atoms with E-state index in [0.717, 1.165) is 30.3 Å². The Morgan fingerprint density at radius 1 is 0.968 bits per heavy atom. The zero-order valence-corrected chi connectivity index (χ0v) is 15.6. The second-order valence-corrected chi connectivity index (χ2v) is 6.52. The van der Waals surface area contributed by atoms with Gasteiger partial charge in [-0.25, -0.2) is 13.8 Å². The van der Waals surface area contributed by atoms with Crippen molar-refractivity contribution in [3.63, 3.8) is 0 Å². The summed E-state index contributed by atoms with van der Waals surface area (Å²) < 4.78 is 81.6. The molecule has 0 aliphatic rings. The highest BCUT2D eigenvalue weighted by molar-refractivity contribution is 5.78. The summed E-state index contributed by atoms with van der Waals surface area (Å²) in [5.41, 5.74) is 4.67. The lowest BCUT2D eigenvalue weighted by atomic mass is 10.2. The van der Waals surface area contributed by atoms with Crippen LogP contribution in [0, 0.1) is 24.4 Å². The molecule has 0 bridgehead atoms. The van der Waals surface area contributed by atoms with Crippen molar-refractivity contribution in [1.82, 2.24) is 19.5 Å². The minimum Gasteiger partial charge on any atom is -0.381 e. The monoisotopic (exact) mass is 438 g/mol. The third kappa shape index (κ3) is 3.71. The topological polar surface area (TPSA) is 81.7 Å². The van der Waals surface area contributed by atoms with Crippen molar-refractivity contribution in [3.8, 4) is 5.95 Å². The Labute approximate surface area is 170 Å². The summed E-state index contributed by atoms with van der Waals surface area (Å²) >= 11 is 0. The Kier molecular flexibility index (Phi) is 4.71. The Hall–Kier alpha value is -3.83. The van der Waals surface area contributed by atoms with E-state index >= 15 is 0 Å². The van der Waals surface area contributed by atoms with E-state index < -0.39 is 40.8 Å². The smallest absolute Gasteiger partial charge is 0.381 e. The predicted octanol–water partition coefficient (Wildman–Crippen LogP) is 4.89. The van der Waals surface area contributed by atoms with Crippen molar-refractivity contribution in [2.45, 2.75) is 13.1 Å². The highest BCUT2D eigenvalue weighted by Gasteiger charge is 2.30. The van der Waals surface area contributed by atoms with Crippen LogP contribution in [0.2, 0.25) is 0 Å². The first-order valence-electron chi connectivity index (χ1n) is 8.66. The SMILES string of the molecule is Cc1nc2c(F)cc(F)cc2n1-c1nc(N)c(F)c(Nc2ccc(C(F)(F)F)cc2)n1. The van der Waals surface area contributed by atoms with E-state index in [4.69, 9.17) is 5.73 Å². The number of nitrogens with zero attached hydrogens (tertiary/aromatic N) is 4. The average molecular weight is 438 g/mol. The lowest BCUT2D eigenvalue weighted by Gasteiger charge is -2.12. The minimum absolute atomic E-state index is 0.0125. The van der Waals surface area contributed by atoms with Crippen LogP contribution >= 0.6 is 0 Å². The molecule has 0 aliphatic heterocycles. The van der Waals surface area contributed by atoms with Crippen LogP contribution < -0.4 is 11.1 Å². The molecule has 0 saturated carbocycles. The van der Waals surface area contributed by atoms with E-state index in [2.05, 4.69) is 20.3 Å². The first-order chi connectivity index (χ1) is 14.5. The van der Waals surface area contributed by atoms with Crippen molar-refractivity contribution in [2.24, 2.45) is 0 Å². The predicted molar refractivity (Wildman–Crippen MR) is 100 cm³/mol. The molecule has 0 aliphatic carbocycles. The number of nitrogens with two attached hydrogens (primary N) is 1. The number of nitrogens with one attached hydrogen (secondary N) is 1. The van der Waals surface area contributed by atoms with Gasteiger partial charge in [-0.15, -0.1) is 0 Å². The molecule has 0 radical (unpaired) electrons. The van der Waals surface area contributed by atoms with Gasteiger partial charge >= 0.3 is 6.18 Å². The maximum atomic E-state index is 14.5. The van der Waals surface area contributed by atoms with E-state index in [9.17, 15) is 26.3 Å². The van der Waals surface area contributed by atoms with E-state index in [0.29, 0.717) is 6.07 Å². The molecule has 0 unspecified atom stereocenters. The number of aryl methyl sites for hydroxylation is 1. The summed E-state index contributed by atoms with van der Waals surface area (Å²) in [6.07, 6.45) is -4.53. The molecule has 160 valence electrons. The zero-order valence-electron chi connectivity index (χ0n) is 15.6. The Morgan fingerprint density at radius 3 is 2.29 bits per heavy atom.